The first-order valence-corrected chi connectivity index (χ1v) is 7.13. The van der Waals surface area contributed by atoms with E-state index in [1.807, 2.05) is 0 Å². The largest absolute Gasteiger partial charge is 0.466 e. The monoisotopic (exact) mass is 303 g/mol. The van der Waals surface area contributed by atoms with E-state index in [1.165, 1.54) is 4.90 Å². The number of hydrogen-bond donors (Lipinski definition) is 2. The van der Waals surface area contributed by atoms with Crippen LogP contribution in [0.1, 0.15) is 27.7 Å². The summed E-state index contributed by atoms with van der Waals surface area (Å²) in [5.41, 5.74) is -0.652. The lowest BCUT2D eigenvalue weighted by molar-refractivity contribution is -0.158. The van der Waals surface area contributed by atoms with Gasteiger partial charge in [-0.2, -0.15) is 0 Å². The minimum absolute atomic E-state index is 0.0193. The van der Waals surface area contributed by atoms with E-state index in [9.17, 15) is 19.8 Å². The van der Waals surface area contributed by atoms with Gasteiger partial charge in [0, 0.05) is 19.0 Å². The highest BCUT2D eigenvalue weighted by Gasteiger charge is 2.42. The Morgan fingerprint density at radius 3 is 2.38 bits per heavy atom. The molecule has 3 atom stereocenters. The second-order valence-corrected chi connectivity index (χ2v) is 6.18. The molecule has 1 saturated heterocycles. The molecular formula is C14H25NO6. The summed E-state index contributed by atoms with van der Waals surface area (Å²) in [7, 11) is 0. The van der Waals surface area contributed by atoms with Crippen molar-refractivity contribution < 1.29 is 29.3 Å². The summed E-state index contributed by atoms with van der Waals surface area (Å²) in [6, 6.07) is 0. The van der Waals surface area contributed by atoms with Gasteiger partial charge in [-0.3, -0.25) is 4.79 Å². The Kier molecular flexibility index (Phi) is 5.98. The Hall–Kier alpha value is -1.34. The van der Waals surface area contributed by atoms with Gasteiger partial charge in [-0.15, -0.1) is 0 Å². The number of carbonyl (C=O) groups excluding carboxylic acids is 2. The van der Waals surface area contributed by atoms with Gasteiger partial charge >= 0.3 is 12.1 Å². The van der Waals surface area contributed by atoms with Crippen LogP contribution in [0.2, 0.25) is 0 Å². The number of aliphatic hydroxyl groups is 2. The number of ether oxygens (including phenoxy) is 2. The molecular weight excluding hydrogens is 278 g/mol. The number of aliphatic hydroxyl groups excluding tert-OH is 2. The molecule has 2 N–H and O–H groups in total. The van der Waals surface area contributed by atoms with Crippen molar-refractivity contribution in [3.8, 4) is 0 Å². The van der Waals surface area contributed by atoms with Gasteiger partial charge in [0.1, 0.15) is 11.5 Å². The van der Waals surface area contributed by atoms with E-state index < -0.39 is 35.6 Å². The molecule has 7 nitrogen and oxygen atoms in total. The van der Waals surface area contributed by atoms with Gasteiger partial charge in [0.05, 0.1) is 19.3 Å². The molecule has 7 heteroatoms. The minimum Gasteiger partial charge on any atom is -0.466 e. The zero-order valence-electron chi connectivity index (χ0n) is 13.0. The number of piperidine rings is 1. The molecule has 1 heterocycles. The number of amides is 1. The lowest BCUT2D eigenvalue weighted by Crippen LogP contribution is -2.55. The highest BCUT2D eigenvalue weighted by molar-refractivity contribution is 5.75. The summed E-state index contributed by atoms with van der Waals surface area (Å²) < 4.78 is 10.2. The summed E-state index contributed by atoms with van der Waals surface area (Å²) in [5, 5.41) is 19.5. The van der Waals surface area contributed by atoms with Crippen molar-refractivity contribution in [2.75, 3.05) is 26.3 Å². The Morgan fingerprint density at radius 2 is 1.90 bits per heavy atom. The van der Waals surface area contributed by atoms with Crippen LogP contribution in [-0.2, 0) is 14.3 Å². The molecule has 0 saturated carbocycles. The Bertz CT molecular complexity index is 378. The van der Waals surface area contributed by atoms with Crippen LogP contribution in [0, 0.1) is 11.8 Å². The molecule has 0 aromatic carbocycles. The van der Waals surface area contributed by atoms with E-state index in [2.05, 4.69) is 0 Å². The van der Waals surface area contributed by atoms with E-state index in [4.69, 9.17) is 9.47 Å². The molecule has 0 aromatic heterocycles. The summed E-state index contributed by atoms with van der Waals surface area (Å²) in [4.78, 5) is 25.3. The number of rotatable bonds is 3. The second kappa shape index (κ2) is 7.09. The lowest BCUT2D eigenvalue weighted by atomic mass is 9.86. The number of hydrogen-bond acceptors (Lipinski definition) is 6. The van der Waals surface area contributed by atoms with Crippen molar-refractivity contribution in [3.63, 3.8) is 0 Å². The van der Waals surface area contributed by atoms with E-state index in [0.29, 0.717) is 0 Å². The van der Waals surface area contributed by atoms with Crippen molar-refractivity contribution in [2.45, 2.75) is 39.4 Å². The summed E-state index contributed by atoms with van der Waals surface area (Å²) in [6.07, 6.45) is -1.60. The molecule has 0 bridgehead atoms. The first-order valence-electron chi connectivity index (χ1n) is 7.13. The fraction of sp³-hybridized carbons (Fsp3) is 0.857. The van der Waals surface area contributed by atoms with Crippen LogP contribution in [-0.4, -0.2) is 65.2 Å². The third-order valence-electron chi connectivity index (χ3n) is 3.24. The first kappa shape index (κ1) is 17.7. The zero-order chi connectivity index (χ0) is 16.2. The highest BCUT2D eigenvalue weighted by Crippen LogP contribution is 2.25. The van der Waals surface area contributed by atoms with Crippen molar-refractivity contribution in [2.24, 2.45) is 11.8 Å². The van der Waals surface area contributed by atoms with Gasteiger partial charge in [0.25, 0.3) is 0 Å². The van der Waals surface area contributed by atoms with Crippen molar-refractivity contribution in [1.82, 2.24) is 4.90 Å². The van der Waals surface area contributed by atoms with Crippen LogP contribution in [0.25, 0.3) is 0 Å². The molecule has 1 fully saturated rings. The van der Waals surface area contributed by atoms with Crippen molar-refractivity contribution >= 4 is 12.1 Å². The van der Waals surface area contributed by atoms with Gasteiger partial charge in [0.2, 0.25) is 0 Å². The van der Waals surface area contributed by atoms with Crippen LogP contribution < -0.4 is 0 Å². The van der Waals surface area contributed by atoms with Crippen LogP contribution in [0.5, 0.6) is 0 Å². The van der Waals surface area contributed by atoms with Gasteiger partial charge < -0.3 is 24.6 Å². The number of carbonyl (C=O) groups is 2. The topological polar surface area (TPSA) is 96.3 Å². The molecule has 0 aliphatic carbocycles. The van der Waals surface area contributed by atoms with Crippen LogP contribution >= 0.6 is 0 Å². The smallest absolute Gasteiger partial charge is 0.410 e. The summed E-state index contributed by atoms with van der Waals surface area (Å²) in [6.45, 7) is 6.94. The Balaban J connectivity index is 2.83. The molecule has 0 radical (unpaired) electrons. The maximum atomic E-state index is 12.1. The fourth-order valence-electron chi connectivity index (χ4n) is 2.24. The fourth-order valence-corrected chi connectivity index (χ4v) is 2.24. The number of esters is 1. The SMILES string of the molecule is CCOC(=O)[C@@H]1CN(C(=O)OC(C)(C)C)C[C@H](CO)[C@H]1O. The average Bonchev–Trinajstić information content (AvgIpc) is 2.37. The molecule has 122 valence electrons. The Labute approximate surface area is 124 Å². The lowest BCUT2D eigenvalue weighted by Gasteiger charge is -2.39. The second-order valence-electron chi connectivity index (χ2n) is 6.18. The quantitative estimate of drug-likeness (QED) is 0.732. The van der Waals surface area contributed by atoms with Crippen LogP contribution in [0.15, 0.2) is 0 Å². The van der Waals surface area contributed by atoms with Gasteiger partial charge in [-0.25, -0.2) is 4.79 Å². The average molecular weight is 303 g/mol. The normalized spacial score (nSPS) is 26.4. The van der Waals surface area contributed by atoms with E-state index in [-0.39, 0.29) is 26.3 Å². The third-order valence-corrected chi connectivity index (χ3v) is 3.24. The van der Waals surface area contributed by atoms with Crippen LogP contribution in [0.4, 0.5) is 4.79 Å². The minimum atomic E-state index is -1.03. The van der Waals surface area contributed by atoms with Gasteiger partial charge in [-0.1, -0.05) is 0 Å². The molecule has 1 amide bonds. The van der Waals surface area contributed by atoms with Crippen molar-refractivity contribution in [3.05, 3.63) is 0 Å². The first-order chi connectivity index (χ1) is 9.69. The highest BCUT2D eigenvalue weighted by atomic mass is 16.6. The van der Waals surface area contributed by atoms with Gasteiger partial charge in [0.15, 0.2) is 0 Å². The maximum absolute atomic E-state index is 12.1. The molecule has 21 heavy (non-hydrogen) atoms. The molecule has 0 aromatic rings. The van der Waals surface area contributed by atoms with E-state index >= 15 is 0 Å². The molecule has 1 aliphatic heterocycles. The molecule has 1 aliphatic rings. The molecule has 0 unspecified atom stereocenters. The predicted octanol–water partition coefficient (Wildman–Crippen LogP) is 0.386. The molecule has 0 spiro atoms. The molecule has 1 rings (SSSR count). The van der Waals surface area contributed by atoms with E-state index in [1.54, 1.807) is 27.7 Å². The van der Waals surface area contributed by atoms with E-state index in [0.717, 1.165) is 0 Å². The predicted molar refractivity (Wildman–Crippen MR) is 74.5 cm³/mol. The summed E-state index contributed by atoms with van der Waals surface area (Å²) in [5.74, 6) is -2.04. The summed E-state index contributed by atoms with van der Waals surface area (Å²) >= 11 is 0. The Morgan fingerprint density at radius 1 is 1.29 bits per heavy atom. The third kappa shape index (κ3) is 4.86. The van der Waals surface area contributed by atoms with Gasteiger partial charge in [-0.05, 0) is 27.7 Å². The maximum Gasteiger partial charge on any atom is 0.410 e. The van der Waals surface area contributed by atoms with Crippen molar-refractivity contribution in [1.29, 1.82) is 0 Å². The standard InChI is InChI=1S/C14H25NO6/c1-5-20-12(18)10-7-15(6-9(8-16)11(10)17)13(19)21-14(2,3)4/h9-11,16-17H,5-8H2,1-4H3/t9-,10-,11-/m1/s1. The number of nitrogens with zero attached hydrogens (tertiary/aromatic N) is 1. The zero-order valence-corrected chi connectivity index (χ0v) is 13.0. The number of likely N-dealkylation sites (tertiary alicyclic amines) is 1. The van der Waals surface area contributed by atoms with Crippen LogP contribution in [0.3, 0.4) is 0 Å².